The van der Waals surface area contributed by atoms with Crippen LogP contribution in [-0.4, -0.2) is 42.8 Å². The molecule has 1 amide bonds. The van der Waals surface area contributed by atoms with Gasteiger partial charge < -0.3 is 9.30 Å². The van der Waals surface area contributed by atoms with Crippen molar-refractivity contribution in [1.29, 1.82) is 0 Å². The van der Waals surface area contributed by atoms with Gasteiger partial charge in [-0.2, -0.15) is 4.99 Å². The second kappa shape index (κ2) is 10.1. The van der Waals surface area contributed by atoms with E-state index in [-0.39, 0.29) is 17.0 Å². The van der Waals surface area contributed by atoms with Crippen molar-refractivity contribution < 1.29 is 27.3 Å². The average molecular weight is 482 g/mol. The molecule has 2 aromatic carbocycles. The Morgan fingerprint density at radius 3 is 2.62 bits per heavy atom. The SMILES string of the molecule is CCOCCn1c(=NC(=O)CCS(=O)(=O)c2ccc(F)cc2)sc2ccc([N+](=O)[O-])cc21. The number of carbonyl (C=O) groups excluding carboxylic acids is 1. The number of sulfone groups is 1. The van der Waals surface area contributed by atoms with E-state index in [4.69, 9.17) is 4.74 Å². The Morgan fingerprint density at radius 2 is 1.97 bits per heavy atom. The molecule has 170 valence electrons. The second-order valence-electron chi connectivity index (χ2n) is 6.67. The maximum absolute atomic E-state index is 13.0. The summed E-state index contributed by atoms with van der Waals surface area (Å²) >= 11 is 1.17. The first-order valence-corrected chi connectivity index (χ1v) is 12.1. The van der Waals surface area contributed by atoms with Gasteiger partial charge in [-0.15, -0.1) is 0 Å². The smallest absolute Gasteiger partial charge is 0.271 e. The summed E-state index contributed by atoms with van der Waals surface area (Å²) in [5.74, 6) is -1.69. The van der Waals surface area contributed by atoms with Crippen molar-refractivity contribution in [1.82, 2.24) is 4.57 Å². The summed E-state index contributed by atoms with van der Waals surface area (Å²) in [5, 5.41) is 11.1. The van der Waals surface area contributed by atoms with Gasteiger partial charge in [-0.05, 0) is 37.3 Å². The summed E-state index contributed by atoms with van der Waals surface area (Å²) in [6.07, 6.45) is -0.362. The average Bonchev–Trinajstić information content (AvgIpc) is 3.09. The lowest BCUT2D eigenvalue weighted by Gasteiger charge is -2.05. The molecule has 0 radical (unpaired) electrons. The van der Waals surface area contributed by atoms with E-state index in [2.05, 4.69) is 4.99 Å². The van der Waals surface area contributed by atoms with E-state index in [1.54, 1.807) is 10.6 Å². The maximum atomic E-state index is 13.0. The van der Waals surface area contributed by atoms with Crippen LogP contribution in [0.25, 0.3) is 10.2 Å². The molecule has 12 heteroatoms. The second-order valence-corrected chi connectivity index (χ2v) is 9.79. The molecule has 0 aliphatic heterocycles. The predicted octanol–water partition coefficient (Wildman–Crippen LogP) is 3.08. The fraction of sp³-hybridized carbons (Fsp3) is 0.300. The number of carbonyl (C=O) groups is 1. The molecule has 9 nitrogen and oxygen atoms in total. The van der Waals surface area contributed by atoms with E-state index in [9.17, 15) is 27.7 Å². The number of halogens is 1. The minimum atomic E-state index is -3.78. The molecule has 1 aromatic heterocycles. The van der Waals surface area contributed by atoms with Crippen LogP contribution in [0.5, 0.6) is 0 Å². The van der Waals surface area contributed by atoms with Crippen molar-refractivity contribution in [3.05, 3.63) is 63.2 Å². The summed E-state index contributed by atoms with van der Waals surface area (Å²) in [6.45, 7) is 2.94. The van der Waals surface area contributed by atoms with Crippen LogP contribution in [0.1, 0.15) is 13.3 Å². The third kappa shape index (κ3) is 5.64. The third-order valence-electron chi connectivity index (χ3n) is 4.52. The van der Waals surface area contributed by atoms with Crippen LogP contribution in [0.3, 0.4) is 0 Å². The molecule has 0 aliphatic carbocycles. The van der Waals surface area contributed by atoms with E-state index < -0.39 is 32.2 Å². The van der Waals surface area contributed by atoms with E-state index >= 15 is 0 Å². The van der Waals surface area contributed by atoms with Crippen molar-refractivity contribution in [2.75, 3.05) is 19.0 Å². The molecule has 0 bridgehead atoms. The van der Waals surface area contributed by atoms with Gasteiger partial charge in [0.15, 0.2) is 14.6 Å². The number of rotatable bonds is 9. The highest BCUT2D eigenvalue weighted by molar-refractivity contribution is 7.91. The number of hydrogen-bond donors (Lipinski definition) is 0. The normalized spacial score (nSPS) is 12.4. The van der Waals surface area contributed by atoms with Crippen molar-refractivity contribution in [2.24, 2.45) is 4.99 Å². The van der Waals surface area contributed by atoms with Crippen LogP contribution in [0, 0.1) is 15.9 Å². The fourth-order valence-corrected chi connectivity index (χ4v) is 5.20. The molecule has 0 saturated heterocycles. The predicted molar refractivity (Wildman–Crippen MR) is 117 cm³/mol. The Bertz CT molecular complexity index is 1310. The zero-order valence-corrected chi connectivity index (χ0v) is 18.7. The zero-order valence-electron chi connectivity index (χ0n) is 17.1. The fourth-order valence-electron chi connectivity index (χ4n) is 2.92. The number of amides is 1. The Hall–Kier alpha value is -2.96. The highest BCUT2D eigenvalue weighted by Gasteiger charge is 2.17. The number of benzene rings is 2. The molecule has 1 heterocycles. The van der Waals surface area contributed by atoms with Crippen LogP contribution in [0.15, 0.2) is 52.4 Å². The van der Waals surface area contributed by atoms with Gasteiger partial charge in [-0.25, -0.2) is 12.8 Å². The molecule has 0 aliphatic rings. The Kier molecular flexibility index (Phi) is 7.48. The maximum Gasteiger partial charge on any atom is 0.271 e. The summed E-state index contributed by atoms with van der Waals surface area (Å²) in [7, 11) is -3.78. The van der Waals surface area contributed by atoms with Gasteiger partial charge in [0.1, 0.15) is 5.82 Å². The minimum absolute atomic E-state index is 0.0762. The largest absolute Gasteiger partial charge is 0.380 e. The van der Waals surface area contributed by atoms with Gasteiger partial charge in [0.2, 0.25) is 5.91 Å². The lowest BCUT2D eigenvalue weighted by Crippen LogP contribution is -2.20. The van der Waals surface area contributed by atoms with Gasteiger partial charge in [0.25, 0.3) is 5.69 Å². The van der Waals surface area contributed by atoms with E-state index in [0.717, 1.165) is 24.3 Å². The van der Waals surface area contributed by atoms with Crippen LogP contribution >= 0.6 is 11.3 Å². The van der Waals surface area contributed by atoms with Crippen molar-refractivity contribution in [3.8, 4) is 0 Å². The van der Waals surface area contributed by atoms with Crippen LogP contribution in [0.2, 0.25) is 0 Å². The quantitative estimate of drug-likeness (QED) is 0.200. The first-order chi connectivity index (χ1) is 15.2. The first kappa shape index (κ1) is 23.7. The number of aromatic nitrogens is 1. The zero-order chi connectivity index (χ0) is 23.3. The number of nitro benzene ring substituents is 1. The van der Waals surface area contributed by atoms with E-state index in [0.29, 0.717) is 34.8 Å². The lowest BCUT2D eigenvalue weighted by atomic mass is 10.3. The van der Waals surface area contributed by atoms with Crippen molar-refractivity contribution in [2.45, 2.75) is 24.8 Å². The molecule has 0 fully saturated rings. The molecule has 32 heavy (non-hydrogen) atoms. The highest BCUT2D eigenvalue weighted by atomic mass is 32.2. The Labute approximate surface area is 186 Å². The number of ether oxygens (including phenoxy) is 1. The number of fused-ring (bicyclic) bond motifs is 1. The molecule has 0 atom stereocenters. The summed E-state index contributed by atoms with van der Waals surface area (Å²) in [4.78, 5) is 27.3. The van der Waals surface area contributed by atoms with Gasteiger partial charge in [-0.1, -0.05) is 11.3 Å². The van der Waals surface area contributed by atoms with Crippen LogP contribution < -0.4 is 4.80 Å². The monoisotopic (exact) mass is 481 g/mol. The van der Waals surface area contributed by atoms with E-state index in [1.165, 1.54) is 23.5 Å². The number of nitrogens with zero attached hydrogens (tertiary/aromatic N) is 3. The Balaban J connectivity index is 1.88. The molecular formula is C20H20FN3O6S2. The van der Waals surface area contributed by atoms with Crippen LogP contribution in [0.4, 0.5) is 10.1 Å². The molecule has 3 aromatic rings. The van der Waals surface area contributed by atoms with Gasteiger partial charge in [0.05, 0.1) is 32.4 Å². The van der Waals surface area contributed by atoms with Crippen molar-refractivity contribution in [3.63, 3.8) is 0 Å². The molecule has 0 spiro atoms. The molecular weight excluding hydrogens is 461 g/mol. The molecule has 0 unspecified atom stereocenters. The summed E-state index contributed by atoms with van der Waals surface area (Å²) < 4.78 is 45.5. The lowest BCUT2D eigenvalue weighted by molar-refractivity contribution is -0.384. The standard InChI is InChI=1S/C20H20FN3O6S2/c1-2-30-11-10-23-17-13-15(24(26)27)5-8-18(17)31-20(23)22-19(25)9-12-32(28,29)16-6-3-14(21)4-7-16/h3-8,13H,2,9-12H2,1H3. The number of nitro groups is 1. The first-order valence-electron chi connectivity index (χ1n) is 9.62. The van der Waals surface area contributed by atoms with Crippen LogP contribution in [-0.2, 0) is 25.9 Å². The number of thiazole rings is 1. The van der Waals surface area contributed by atoms with Gasteiger partial charge in [0, 0.05) is 31.7 Å². The highest BCUT2D eigenvalue weighted by Crippen LogP contribution is 2.23. The van der Waals surface area contributed by atoms with Gasteiger partial charge >= 0.3 is 0 Å². The molecule has 0 N–H and O–H groups in total. The topological polar surface area (TPSA) is 121 Å². The van der Waals surface area contributed by atoms with Crippen molar-refractivity contribution >= 4 is 43.0 Å². The summed E-state index contributed by atoms with van der Waals surface area (Å²) in [6, 6.07) is 8.72. The van der Waals surface area contributed by atoms with E-state index in [1.807, 2.05) is 6.92 Å². The molecule has 3 rings (SSSR count). The third-order valence-corrected chi connectivity index (χ3v) is 7.31. The number of hydrogen-bond acceptors (Lipinski definition) is 7. The summed E-state index contributed by atoms with van der Waals surface area (Å²) in [5.41, 5.74) is 0.443. The minimum Gasteiger partial charge on any atom is -0.380 e. The number of non-ortho nitro benzene ring substituents is 1. The Morgan fingerprint density at radius 1 is 1.25 bits per heavy atom. The molecule has 0 saturated carbocycles. The van der Waals surface area contributed by atoms with Gasteiger partial charge in [-0.3, -0.25) is 14.9 Å².